The second-order valence-corrected chi connectivity index (χ2v) is 7.84. The first-order valence-corrected chi connectivity index (χ1v) is 9.89. The van der Waals surface area contributed by atoms with Crippen LogP contribution < -0.4 is 5.32 Å². The third kappa shape index (κ3) is 5.92. The number of carbonyl (C=O) groups excluding carboxylic acids is 1. The molecule has 2 atom stereocenters. The molecule has 2 aromatic rings. The third-order valence-corrected chi connectivity index (χ3v) is 5.61. The molecule has 2 aromatic heterocycles. The van der Waals surface area contributed by atoms with Crippen LogP contribution in [0.25, 0.3) is 0 Å². The minimum Gasteiger partial charge on any atom is -0.465 e. The molecule has 158 valence electrons. The SMILES string of the molecule is O=C(Cc1nccs1)Nc1cc(C2CCC(N(CCC(F)(F)F)C(=O)O)C2)[nH]n1. The van der Waals surface area contributed by atoms with Gasteiger partial charge >= 0.3 is 12.3 Å². The van der Waals surface area contributed by atoms with Crippen molar-refractivity contribution >= 4 is 29.2 Å². The maximum Gasteiger partial charge on any atom is 0.407 e. The Labute approximate surface area is 168 Å². The summed E-state index contributed by atoms with van der Waals surface area (Å²) < 4.78 is 37.4. The highest BCUT2D eigenvalue weighted by Gasteiger charge is 2.36. The highest BCUT2D eigenvalue weighted by Crippen LogP contribution is 2.37. The number of aromatic nitrogens is 3. The van der Waals surface area contributed by atoms with Crippen LogP contribution >= 0.6 is 11.3 Å². The van der Waals surface area contributed by atoms with Crippen molar-refractivity contribution in [3.05, 3.63) is 28.3 Å². The van der Waals surface area contributed by atoms with E-state index in [2.05, 4.69) is 20.5 Å². The van der Waals surface area contributed by atoms with Crippen LogP contribution in [0.4, 0.5) is 23.8 Å². The molecule has 0 aromatic carbocycles. The Morgan fingerprint density at radius 1 is 1.38 bits per heavy atom. The van der Waals surface area contributed by atoms with E-state index >= 15 is 0 Å². The average Bonchev–Trinajstić information content (AvgIpc) is 3.35. The lowest BCUT2D eigenvalue weighted by Gasteiger charge is -2.26. The Morgan fingerprint density at radius 3 is 2.83 bits per heavy atom. The van der Waals surface area contributed by atoms with Crippen LogP contribution in [0.15, 0.2) is 17.6 Å². The first-order valence-electron chi connectivity index (χ1n) is 9.01. The average molecular weight is 431 g/mol. The van der Waals surface area contributed by atoms with Crippen LogP contribution in [0.5, 0.6) is 0 Å². The van der Waals surface area contributed by atoms with Gasteiger partial charge in [0, 0.05) is 41.8 Å². The van der Waals surface area contributed by atoms with Crippen LogP contribution in [0, 0.1) is 0 Å². The van der Waals surface area contributed by atoms with Crippen LogP contribution in [0.2, 0.25) is 0 Å². The minimum atomic E-state index is -4.40. The zero-order valence-electron chi connectivity index (χ0n) is 15.3. The topological polar surface area (TPSA) is 111 Å². The number of anilines is 1. The molecule has 2 unspecified atom stereocenters. The number of nitrogens with zero attached hydrogens (tertiary/aromatic N) is 3. The Kier molecular flexibility index (Phi) is 6.40. The Bertz CT molecular complexity index is 840. The van der Waals surface area contributed by atoms with Gasteiger partial charge in [0.2, 0.25) is 5.91 Å². The molecule has 1 fully saturated rings. The molecule has 0 bridgehead atoms. The molecule has 0 spiro atoms. The standard InChI is InChI=1S/C17H20F3N5O3S/c18-17(19,20)3-5-25(16(27)28)11-2-1-10(7-11)12-8-13(24-23-12)22-14(26)9-15-21-4-6-29-15/h4,6,8,10-11H,1-3,5,7,9H2,(H,27,28)(H2,22,23,24,26). The Hall–Kier alpha value is -2.63. The number of H-pyrrole nitrogens is 1. The number of hydrogen-bond donors (Lipinski definition) is 3. The molecule has 1 aliphatic carbocycles. The summed E-state index contributed by atoms with van der Waals surface area (Å²) in [6.45, 7) is -0.572. The van der Waals surface area contributed by atoms with Crippen LogP contribution in [0.3, 0.4) is 0 Å². The summed E-state index contributed by atoms with van der Waals surface area (Å²) in [5.74, 6) is 0.0218. The molecule has 2 heterocycles. The predicted molar refractivity (Wildman–Crippen MR) is 98.8 cm³/mol. The number of carbonyl (C=O) groups is 2. The molecule has 29 heavy (non-hydrogen) atoms. The summed E-state index contributed by atoms with van der Waals surface area (Å²) >= 11 is 1.37. The lowest BCUT2D eigenvalue weighted by Crippen LogP contribution is -2.40. The van der Waals surface area contributed by atoms with Crippen molar-refractivity contribution in [3.63, 3.8) is 0 Å². The largest absolute Gasteiger partial charge is 0.465 e. The van der Waals surface area contributed by atoms with Crippen LogP contribution in [-0.4, -0.2) is 56.0 Å². The van der Waals surface area contributed by atoms with Gasteiger partial charge in [-0.15, -0.1) is 11.3 Å². The van der Waals surface area contributed by atoms with Gasteiger partial charge in [-0.3, -0.25) is 9.89 Å². The van der Waals surface area contributed by atoms with Crippen molar-refractivity contribution in [1.82, 2.24) is 20.1 Å². The Morgan fingerprint density at radius 2 is 2.17 bits per heavy atom. The first-order chi connectivity index (χ1) is 13.7. The fourth-order valence-electron chi connectivity index (χ4n) is 3.48. The van der Waals surface area contributed by atoms with E-state index in [0.29, 0.717) is 30.1 Å². The molecule has 8 nitrogen and oxygen atoms in total. The van der Waals surface area contributed by atoms with Gasteiger partial charge in [-0.2, -0.15) is 18.3 Å². The summed E-state index contributed by atoms with van der Waals surface area (Å²) in [7, 11) is 0. The normalized spacial score (nSPS) is 19.3. The molecule has 0 aliphatic heterocycles. The smallest absolute Gasteiger partial charge is 0.407 e. The van der Waals surface area contributed by atoms with E-state index in [-0.39, 0.29) is 18.2 Å². The maximum absolute atomic E-state index is 12.5. The number of alkyl halides is 3. The van der Waals surface area contributed by atoms with Gasteiger partial charge in [-0.25, -0.2) is 9.78 Å². The second-order valence-electron chi connectivity index (χ2n) is 6.86. The lowest BCUT2D eigenvalue weighted by molar-refractivity contribution is -0.137. The summed E-state index contributed by atoms with van der Waals surface area (Å²) in [4.78, 5) is 28.3. The van der Waals surface area contributed by atoms with Gasteiger partial charge in [0.25, 0.3) is 0 Å². The minimum absolute atomic E-state index is 0.0650. The summed E-state index contributed by atoms with van der Waals surface area (Å²) in [6.07, 6.45) is -3.67. The molecule has 0 saturated heterocycles. The van der Waals surface area contributed by atoms with Crippen molar-refractivity contribution in [2.45, 2.75) is 50.2 Å². The number of nitrogens with one attached hydrogen (secondary N) is 2. The van der Waals surface area contributed by atoms with Gasteiger partial charge in [0.05, 0.1) is 12.8 Å². The van der Waals surface area contributed by atoms with Gasteiger partial charge in [-0.05, 0) is 19.3 Å². The number of rotatable bonds is 7. The van der Waals surface area contributed by atoms with Gasteiger partial charge in [0.1, 0.15) is 5.01 Å². The molecule has 1 aliphatic rings. The lowest BCUT2D eigenvalue weighted by atomic mass is 10.0. The van der Waals surface area contributed by atoms with E-state index in [9.17, 15) is 27.9 Å². The predicted octanol–water partition coefficient (Wildman–Crippen LogP) is 3.62. The van der Waals surface area contributed by atoms with Crippen LogP contribution in [0.1, 0.15) is 42.3 Å². The molecular formula is C17H20F3N5O3S. The van der Waals surface area contributed by atoms with E-state index in [4.69, 9.17) is 0 Å². The van der Waals surface area contributed by atoms with E-state index in [1.54, 1.807) is 17.6 Å². The second kappa shape index (κ2) is 8.80. The highest BCUT2D eigenvalue weighted by molar-refractivity contribution is 7.09. The third-order valence-electron chi connectivity index (χ3n) is 4.83. The molecule has 2 amide bonds. The maximum atomic E-state index is 12.5. The van der Waals surface area contributed by atoms with Crippen molar-refractivity contribution in [1.29, 1.82) is 0 Å². The molecular weight excluding hydrogens is 411 g/mol. The molecule has 12 heteroatoms. The van der Waals surface area contributed by atoms with E-state index < -0.39 is 31.3 Å². The zero-order chi connectivity index (χ0) is 21.0. The molecule has 0 radical (unpaired) electrons. The molecule has 3 rings (SSSR count). The number of thiazole rings is 1. The fraction of sp³-hybridized carbons (Fsp3) is 0.529. The van der Waals surface area contributed by atoms with Crippen molar-refractivity contribution in [3.8, 4) is 0 Å². The summed E-state index contributed by atoms with van der Waals surface area (Å²) in [5, 5.41) is 21.3. The fourth-order valence-corrected chi connectivity index (χ4v) is 4.09. The number of hydrogen-bond acceptors (Lipinski definition) is 5. The number of halogens is 3. The Balaban J connectivity index is 1.55. The van der Waals surface area contributed by atoms with Crippen molar-refractivity contribution in [2.75, 3.05) is 11.9 Å². The van der Waals surface area contributed by atoms with Crippen molar-refractivity contribution < 1.29 is 27.9 Å². The molecule has 3 N–H and O–H groups in total. The van der Waals surface area contributed by atoms with Gasteiger partial charge < -0.3 is 15.3 Å². The van der Waals surface area contributed by atoms with Gasteiger partial charge in [0.15, 0.2) is 5.82 Å². The van der Waals surface area contributed by atoms with E-state index in [1.807, 2.05) is 0 Å². The first kappa shape index (κ1) is 21.1. The zero-order valence-corrected chi connectivity index (χ0v) is 16.1. The van der Waals surface area contributed by atoms with E-state index in [1.165, 1.54) is 11.3 Å². The van der Waals surface area contributed by atoms with Crippen molar-refractivity contribution in [2.24, 2.45) is 0 Å². The van der Waals surface area contributed by atoms with Gasteiger partial charge in [-0.1, -0.05) is 0 Å². The highest BCUT2D eigenvalue weighted by atomic mass is 32.1. The van der Waals surface area contributed by atoms with E-state index in [0.717, 1.165) is 10.6 Å². The number of amides is 2. The van der Waals surface area contributed by atoms with Crippen LogP contribution in [-0.2, 0) is 11.2 Å². The monoisotopic (exact) mass is 431 g/mol. The molecule has 1 saturated carbocycles. The number of carboxylic acid groups (broad SMARTS) is 1. The summed E-state index contributed by atoms with van der Waals surface area (Å²) in [5.41, 5.74) is 0.721. The summed E-state index contributed by atoms with van der Waals surface area (Å²) in [6, 6.07) is 1.19. The number of aromatic amines is 1. The quantitative estimate of drug-likeness (QED) is 0.620.